The molecule has 3 aromatic rings. The van der Waals surface area contributed by atoms with Crippen molar-refractivity contribution in [1.82, 2.24) is 24.6 Å². The fraction of sp³-hybridized carbons (Fsp3) is 0.263. The number of carbonyl (C=O) groups excluding carboxylic acids is 1. The number of pyridine rings is 1. The number of likely N-dealkylation sites (tertiary alicyclic amines) is 1. The Kier molecular flexibility index (Phi) is 4.78. The molecule has 8 heteroatoms. The van der Waals surface area contributed by atoms with Gasteiger partial charge >= 0.3 is 6.09 Å². The van der Waals surface area contributed by atoms with E-state index in [1.807, 2.05) is 4.68 Å². The van der Waals surface area contributed by atoms with Crippen molar-refractivity contribution in [3.63, 3.8) is 0 Å². The highest BCUT2D eigenvalue weighted by Gasteiger charge is 2.26. The van der Waals surface area contributed by atoms with Crippen molar-refractivity contribution in [3.8, 4) is 17.1 Å². The van der Waals surface area contributed by atoms with E-state index < -0.39 is 0 Å². The van der Waals surface area contributed by atoms with Crippen molar-refractivity contribution in [2.75, 3.05) is 13.1 Å². The summed E-state index contributed by atoms with van der Waals surface area (Å²) in [5.74, 6) is 0.710. The van der Waals surface area contributed by atoms with E-state index >= 15 is 0 Å². The Morgan fingerprint density at radius 3 is 2.63 bits per heavy atom. The van der Waals surface area contributed by atoms with Crippen LogP contribution in [0.25, 0.3) is 11.4 Å². The first-order valence-corrected chi connectivity index (χ1v) is 8.73. The molecular weight excluding hydrogens is 349 g/mol. The average Bonchev–Trinajstić information content (AvgIpc) is 3.20. The number of hydrogen-bond donors (Lipinski definition) is 0. The second-order valence-corrected chi connectivity index (χ2v) is 6.33. The number of ether oxygens (including phenoxy) is 1. The summed E-state index contributed by atoms with van der Waals surface area (Å²) < 4.78 is 20.2. The summed E-state index contributed by atoms with van der Waals surface area (Å²) in [5.41, 5.74) is 0.771. The maximum absolute atomic E-state index is 13.0. The first-order chi connectivity index (χ1) is 13.2. The molecule has 0 radical (unpaired) electrons. The molecule has 138 valence electrons. The van der Waals surface area contributed by atoms with Gasteiger partial charge in [0.25, 0.3) is 0 Å². The lowest BCUT2D eigenvalue weighted by atomic mass is 10.1. The third kappa shape index (κ3) is 3.94. The number of halogens is 1. The maximum Gasteiger partial charge on any atom is 0.415 e. The van der Waals surface area contributed by atoms with E-state index in [4.69, 9.17) is 4.74 Å². The Morgan fingerprint density at radius 2 is 1.93 bits per heavy atom. The molecule has 0 spiro atoms. The van der Waals surface area contributed by atoms with E-state index in [1.165, 1.54) is 18.3 Å². The molecule has 2 aromatic heterocycles. The van der Waals surface area contributed by atoms with E-state index in [-0.39, 0.29) is 18.0 Å². The Hall–Kier alpha value is -3.29. The van der Waals surface area contributed by atoms with Gasteiger partial charge in [0.15, 0.2) is 11.6 Å². The molecule has 0 saturated carbocycles. The zero-order valence-corrected chi connectivity index (χ0v) is 14.5. The molecule has 1 saturated heterocycles. The van der Waals surface area contributed by atoms with Gasteiger partial charge in [-0.1, -0.05) is 0 Å². The second kappa shape index (κ2) is 7.53. The normalized spacial score (nSPS) is 14.9. The highest BCUT2D eigenvalue weighted by Crippen LogP contribution is 2.24. The molecule has 27 heavy (non-hydrogen) atoms. The number of rotatable bonds is 3. The van der Waals surface area contributed by atoms with Crippen LogP contribution in [-0.4, -0.2) is 43.8 Å². The van der Waals surface area contributed by atoms with Gasteiger partial charge in [0.05, 0.1) is 12.2 Å². The van der Waals surface area contributed by atoms with Crippen molar-refractivity contribution >= 4 is 6.09 Å². The third-order valence-electron chi connectivity index (χ3n) is 4.55. The second-order valence-electron chi connectivity index (χ2n) is 6.33. The summed E-state index contributed by atoms with van der Waals surface area (Å²) in [6, 6.07) is 9.68. The van der Waals surface area contributed by atoms with Crippen LogP contribution >= 0.6 is 0 Å². The quantitative estimate of drug-likeness (QED) is 0.710. The molecule has 0 aliphatic carbocycles. The van der Waals surface area contributed by atoms with Crippen LogP contribution in [0.1, 0.15) is 18.9 Å². The SMILES string of the molecule is O=C(Oc1cccnc1)N1CCC(n2cnc(-c3ccc(F)cc3)n2)CC1. The summed E-state index contributed by atoms with van der Waals surface area (Å²) in [7, 11) is 0. The monoisotopic (exact) mass is 367 g/mol. The van der Waals surface area contributed by atoms with Crippen molar-refractivity contribution in [1.29, 1.82) is 0 Å². The van der Waals surface area contributed by atoms with Gasteiger partial charge in [0, 0.05) is 24.8 Å². The molecule has 4 rings (SSSR count). The minimum absolute atomic E-state index is 0.161. The summed E-state index contributed by atoms with van der Waals surface area (Å²) >= 11 is 0. The minimum Gasteiger partial charge on any atom is -0.409 e. The lowest BCUT2D eigenvalue weighted by molar-refractivity contribution is 0.130. The lowest BCUT2D eigenvalue weighted by Gasteiger charge is -2.31. The zero-order chi connectivity index (χ0) is 18.6. The minimum atomic E-state index is -0.368. The van der Waals surface area contributed by atoms with Crippen molar-refractivity contribution in [2.45, 2.75) is 18.9 Å². The maximum atomic E-state index is 13.0. The number of nitrogens with zero attached hydrogens (tertiary/aromatic N) is 5. The van der Waals surface area contributed by atoms with Crippen LogP contribution in [0, 0.1) is 5.82 Å². The number of hydrogen-bond acceptors (Lipinski definition) is 5. The van der Waals surface area contributed by atoms with Crippen molar-refractivity contribution in [2.24, 2.45) is 0 Å². The highest BCUT2D eigenvalue weighted by atomic mass is 19.1. The van der Waals surface area contributed by atoms with Gasteiger partial charge in [-0.3, -0.25) is 4.98 Å². The molecule has 1 aliphatic rings. The molecule has 0 N–H and O–H groups in total. The molecule has 1 aromatic carbocycles. The number of benzene rings is 1. The Balaban J connectivity index is 1.35. The lowest BCUT2D eigenvalue weighted by Crippen LogP contribution is -2.40. The van der Waals surface area contributed by atoms with E-state index in [9.17, 15) is 9.18 Å². The van der Waals surface area contributed by atoms with Gasteiger partial charge in [-0.2, -0.15) is 5.10 Å². The average molecular weight is 367 g/mol. The first-order valence-electron chi connectivity index (χ1n) is 8.73. The third-order valence-corrected chi connectivity index (χ3v) is 4.55. The predicted octanol–water partition coefficient (Wildman–Crippen LogP) is 3.32. The summed E-state index contributed by atoms with van der Waals surface area (Å²) in [4.78, 5) is 22.2. The Labute approximate surface area is 155 Å². The molecule has 0 atom stereocenters. The van der Waals surface area contributed by atoms with Gasteiger partial charge in [0.2, 0.25) is 0 Å². The molecular formula is C19H18FN5O2. The summed E-state index contributed by atoms with van der Waals surface area (Å²) in [5, 5.41) is 4.51. The van der Waals surface area contributed by atoms with Crippen LogP contribution in [0.15, 0.2) is 55.1 Å². The first kappa shape index (κ1) is 17.1. The van der Waals surface area contributed by atoms with Crippen LogP contribution in [-0.2, 0) is 0 Å². The van der Waals surface area contributed by atoms with Crippen LogP contribution in [0.3, 0.4) is 0 Å². The van der Waals surface area contributed by atoms with Gasteiger partial charge < -0.3 is 9.64 Å². The van der Waals surface area contributed by atoms with E-state index in [0.29, 0.717) is 24.7 Å². The van der Waals surface area contributed by atoms with Gasteiger partial charge in [-0.15, -0.1) is 0 Å². The largest absolute Gasteiger partial charge is 0.415 e. The van der Waals surface area contributed by atoms with Crippen LogP contribution < -0.4 is 4.74 Å². The van der Waals surface area contributed by atoms with Gasteiger partial charge in [-0.05, 0) is 49.2 Å². The Bertz CT molecular complexity index is 905. The molecule has 1 fully saturated rings. The van der Waals surface area contributed by atoms with Gasteiger partial charge in [-0.25, -0.2) is 18.9 Å². The fourth-order valence-corrected chi connectivity index (χ4v) is 3.07. The molecule has 0 bridgehead atoms. The van der Waals surface area contributed by atoms with Crippen LogP contribution in [0.5, 0.6) is 5.75 Å². The summed E-state index contributed by atoms with van der Waals surface area (Å²) in [6.45, 7) is 1.16. The molecule has 0 unspecified atom stereocenters. The molecule has 3 heterocycles. The van der Waals surface area contributed by atoms with E-state index in [2.05, 4.69) is 15.1 Å². The highest BCUT2D eigenvalue weighted by molar-refractivity contribution is 5.70. The molecule has 7 nitrogen and oxygen atoms in total. The number of aromatic nitrogens is 4. The van der Waals surface area contributed by atoms with E-state index in [0.717, 1.165) is 18.4 Å². The Morgan fingerprint density at radius 1 is 1.15 bits per heavy atom. The topological polar surface area (TPSA) is 73.1 Å². The summed E-state index contributed by atoms with van der Waals surface area (Å²) in [6.07, 6.45) is 5.97. The molecule has 1 aliphatic heterocycles. The number of amides is 1. The van der Waals surface area contributed by atoms with Crippen LogP contribution in [0.2, 0.25) is 0 Å². The van der Waals surface area contributed by atoms with E-state index in [1.54, 1.807) is 41.7 Å². The standard InChI is InChI=1S/C19H18FN5O2/c20-15-5-3-14(4-6-15)18-22-13-25(23-18)16-7-10-24(11-8-16)19(26)27-17-2-1-9-21-12-17/h1-6,9,12-13,16H,7-8,10-11H2. The van der Waals surface area contributed by atoms with Gasteiger partial charge in [0.1, 0.15) is 12.1 Å². The number of carbonyl (C=O) groups is 1. The van der Waals surface area contributed by atoms with Crippen molar-refractivity contribution < 1.29 is 13.9 Å². The van der Waals surface area contributed by atoms with Crippen LogP contribution in [0.4, 0.5) is 9.18 Å². The van der Waals surface area contributed by atoms with Crippen molar-refractivity contribution in [3.05, 3.63) is 60.9 Å². The fourth-order valence-electron chi connectivity index (χ4n) is 3.07. The predicted molar refractivity (Wildman–Crippen MR) is 95.5 cm³/mol. The molecule has 1 amide bonds. The zero-order valence-electron chi connectivity index (χ0n) is 14.5. The smallest absolute Gasteiger partial charge is 0.409 e. The number of piperidine rings is 1.